The third-order valence-corrected chi connectivity index (χ3v) is 3.05. The quantitative estimate of drug-likeness (QED) is 0.774. The Labute approximate surface area is 107 Å². The number of carboxylic acid groups (broad SMARTS) is 1. The third kappa shape index (κ3) is 3.61. The van der Waals surface area contributed by atoms with Crippen molar-refractivity contribution in [2.45, 2.75) is 18.9 Å². The van der Waals surface area contributed by atoms with Gasteiger partial charge in [0, 0.05) is 16.9 Å². The number of hydrogen-bond acceptors (Lipinski definition) is 4. The summed E-state index contributed by atoms with van der Waals surface area (Å²) in [6.07, 6.45) is 0.318. The highest BCUT2D eigenvalue weighted by Crippen LogP contribution is 2.35. The minimum atomic E-state index is -0.887. The van der Waals surface area contributed by atoms with Crippen LogP contribution < -0.4 is 10.5 Å². The lowest BCUT2D eigenvalue weighted by atomic mass is 10.0. The summed E-state index contributed by atoms with van der Waals surface area (Å²) in [6, 6.07) is 2.66. The summed E-state index contributed by atoms with van der Waals surface area (Å²) >= 11 is 3.28. The zero-order valence-electron chi connectivity index (χ0n) is 9.31. The van der Waals surface area contributed by atoms with E-state index in [2.05, 4.69) is 15.9 Å². The van der Waals surface area contributed by atoms with Crippen molar-refractivity contribution in [1.82, 2.24) is 0 Å². The van der Waals surface area contributed by atoms with Gasteiger partial charge in [-0.1, -0.05) is 15.9 Å². The second-order valence-corrected chi connectivity index (χ2v) is 4.44. The van der Waals surface area contributed by atoms with Gasteiger partial charge in [-0.2, -0.15) is 0 Å². The number of aromatic hydroxyl groups is 1. The number of phenols is 1. The van der Waals surface area contributed by atoms with Crippen LogP contribution in [0.3, 0.4) is 0 Å². The summed E-state index contributed by atoms with van der Waals surface area (Å²) in [5.74, 6) is -0.565. The second-order valence-electron chi connectivity index (χ2n) is 3.58. The van der Waals surface area contributed by atoms with Crippen LogP contribution in [-0.4, -0.2) is 23.3 Å². The predicted molar refractivity (Wildman–Crippen MR) is 66.2 cm³/mol. The Kier molecular flexibility index (Phi) is 4.77. The van der Waals surface area contributed by atoms with E-state index >= 15 is 0 Å². The van der Waals surface area contributed by atoms with Crippen LogP contribution in [0.1, 0.15) is 24.4 Å². The van der Waals surface area contributed by atoms with Crippen LogP contribution in [-0.2, 0) is 4.79 Å². The predicted octanol–water partition coefficient (Wildman–Crippen LogP) is 2.03. The zero-order valence-corrected chi connectivity index (χ0v) is 10.9. The summed E-state index contributed by atoms with van der Waals surface area (Å²) in [7, 11) is 1.44. The highest BCUT2D eigenvalue weighted by atomic mass is 79.9. The summed E-state index contributed by atoms with van der Waals surface area (Å²) in [5, 5.41) is 18.1. The van der Waals surface area contributed by atoms with Gasteiger partial charge in [0.05, 0.1) is 7.11 Å². The van der Waals surface area contributed by atoms with E-state index in [9.17, 15) is 9.90 Å². The second kappa shape index (κ2) is 5.88. The maximum Gasteiger partial charge on any atom is 0.303 e. The molecule has 1 atom stereocenters. The number of nitrogens with two attached hydrogens (primary N) is 1. The molecule has 0 aromatic heterocycles. The lowest BCUT2D eigenvalue weighted by molar-refractivity contribution is -0.137. The van der Waals surface area contributed by atoms with Gasteiger partial charge in [-0.05, 0) is 24.1 Å². The van der Waals surface area contributed by atoms with Crippen molar-refractivity contribution in [3.8, 4) is 11.5 Å². The maximum absolute atomic E-state index is 10.5. The number of ether oxygens (including phenoxy) is 1. The largest absolute Gasteiger partial charge is 0.504 e. The molecule has 6 heteroatoms. The molecule has 0 saturated heterocycles. The Balaban J connectivity index is 2.92. The fourth-order valence-electron chi connectivity index (χ4n) is 1.44. The molecule has 1 unspecified atom stereocenters. The topological polar surface area (TPSA) is 92.8 Å². The summed E-state index contributed by atoms with van der Waals surface area (Å²) < 4.78 is 5.61. The molecule has 94 valence electrons. The standard InChI is InChI=1S/C11H14BrNO4/c1-17-10-4-6(7(12)5-9(10)14)8(13)2-3-11(15)16/h4-5,8,14H,2-3,13H2,1H3,(H,15,16). The van der Waals surface area contributed by atoms with Crippen LogP contribution in [0.25, 0.3) is 0 Å². The van der Waals surface area contributed by atoms with Crippen molar-refractivity contribution in [1.29, 1.82) is 0 Å². The average molecular weight is 304 g/mol. The Morgan fingerprint density at radius 2 is 2.24 bits per heavy atom. The van der Waals surface area contributed by atoms with Gasteiger partial charge in [-0.3, -0.25) is 4.79 Å². The van der Waals surface area contributed by atoms with E-state index in [1.54, 1.807) is 6.07 Å². The molecule has 0 spiro atoms. The molecule has 0 fully saturated rings. The Morgan fingerprint density at radius 1 is 1.59 bits per heavy atom. The Bertz CT molecular complexity index is 422. The maximum atomic E-state index is 10.5. The van der Waals surface area contributed by atoms with Crippen LogP contribution in [0.4, 0.5) is 0 Å². The van der Waals surface area contributed by atoms with Gasteiger partial charge >= 0.3 is 5.97 Å². The molecule has 0 saturated carbocycles. The van der Waals surface area contributed by atoms with Crippen molar-refractivity contribution >= 4 is 21.9 Å². The van der Waals surface area contributed by atoms with Crippen molar-refractivity contribution < 1.29 is 19.7 Å². The number of benzene rings is 1. The zero-order chi connectivity index (χ0) is 13.0. The van der Waals surface area contributed by atoms with Crippen molar-refractivity contribution in [2.75, 3.05) is 7.11 Å². The molecular formula is C11H14BrNO4. The first-order chi connectivity index (χ1) is 7.95. The van der Waals surface area contributed by atoms with Crippen LogP contribution >= 0.6 is 15.9 Å². The van der Waals surface area contributed by atoms with E-state index in [1.165, 1.54) is 13.2 Å². The molecule has 17 heavy (non-hydrogen) atoms. The van der Waals surface area contributed by atoms with E-state index in [1.807, 2.05) is 0 Å². The third-order valence-electron chi connectivity index (χ3n) is 2.37. The Hall–Kier alpha value is -1.27. The highest BCUT2D eigenvalue weighted by molar-refractivity contribution is 9.10. The molecule has 5 nitrogen and oxygen atoms in total. The molecule has 1 aromatic rings. The fraction of sp³-hybridized carbons (Fsp3) is 0.364. The van der Waals surface area contributed by atoms with Crippen LogP contribution in [0, 0.1) is 0 Å². The first kappa shape index (κ1) is 13.8. The Morgan fingerprint density at radius 3 is 2.76 bits per heavy atom. The number of carbonyl (C=O) groups is 1. The molecule has 0 aliphatic heterocycles. The number of methoxy groups -OCH3 is 1. The van der Waals surface area contributed by atoms with Crippen molar-refractivity contribution in [3.63, 3.8) is 0 Å². The van der Waals surface area contributed by atoms with E-state index in [4.69, 9.17) is 15.6 Å². The molecule has 0 aliphatic carbocycles. The van der Waals surface area contributed by atoms with Crippen LogP contribution in [0.15, 0.2) is 16.6 Å². The van der Waals surface area contributed by atoms with Crippen LogP contribution in [0.5, 0.6) is 11.5 Å². The number of carboxylic acids is 1. The van der Waals surface area contributed by atoms with E-state index in [-0.39, 0.29) is 12.2 Å². The van der Waals surface area contributed by atoms with Crippen LogP contribution in [0.2, 0.25) is 0 Å². The highest BCUT2D eigenvalue weighted by Gasteiger charge is 2.15. The normalized spacial score (nSPS) is 12.2. The van der Waals surface area contributed by atoms with Gasteiger partial charge in [0.1, 0.15) is 0 Å². The molecule has 0 radical (unpaired) electrons. The van der Waals surface area contributed by atoms with Gasteiger partial charge in [0.2, 0.25) is 0 Å². The van der Waals surface area contributed by atoms with Gasteiger partial charge < -0.3 is 20.7 Å². The van der Waals surface area contributed by atoms with Gasteiger partial charge in [0.15, 0.2) is 11.5 Å². The summed E-state index contributed by atoms with van der Waals surface area (Å²) in [4.78, 5) is 10.5. The summed E-state index contributed by atoms with van der Waals surface area (Å²) in [6.45, 7) is 0. The summed E-state index contributed by atoms with van der Waals surface area (Å²) in [5.41, 5.74) is 6.60. The van der Waals surface area contributed by atoms with Crippen molar-refractivity contribution in [2.24, 2.45) is 5.73 Å². The smallest absolute Gasteiger partial charge is 0.303 e. The molecular weight excluding hydrogens is 290 g/mol. The molecule has 0 aliphatic rings. The molecule has 0 bridgehead atoms. The fourth-order valence-corrected chi connectivity index (χ4v) is 2.07. The van der Waals surface area contributed by atoms with Gasteiger partial charge in [-0.25, -0.2) is 0 Å². The van der Waals surface area contributed by atoms with Gasteiger partial charge in [0.25, 0.3) is 0 Å². The number of halogens is 1. The first-order valence-electron chi connectivity index (χ1n) is 4.99. The van der Waals surface area contributed by atoms with Gasteiger partial charge in [-0.15, -0.1) is 0 Å². The SMILES string of the molecule is COc1cc(C(N)CCC(=O)O)c(Br)cc1O. The molecule has 1 rings (SSSR count). The number of rotatable bonds is 5. The molecule has 1 aromatic carbocycles. The first-order valence-corrected chi connectivity index (χ1v) is 5.78. The lowest BCUT2D eigenvalue weighted by Gasteiger charge is -2.15. The lowest BCUT2D eigenvalue weighted by Crippen LogP contribution is -2.13. The minimum absolute atomic E-state index is 0.00318. The molecule has 4 N–H and O–H groups in total. The number of phenolic OH excluding ortho intramolecular Hbond substituents is 1. The monoisotopic (exact) mass is 303 g/mol. The average Bonchev–Trinajstić information content (AvgIpc) is 2.26. The molecule has 0 heterocycles. The number of hydrogen-bond donors (Lipinski definition) is 3. The van der Waals surface area contributed by atoms with E-state index in [0.717, 1.165) is 0 Å². The van der Waals surface area contributed by atoms with E-state index in [0.29, 0.717) is 22.2 Å². The molecule has 0 amide bonds. The minimum Gasteiger partial charge on any atom is -0.504 e. The van der Waals surface area contributed by atoms with Crippen molar-refractivity contribution in [3.05, 3.63) is 22.2 Å². The number of aliphatic carboxylic acids is 1. The van der Waals surface area contributed by atoms with E-state index < -0.39 is 12.0 Å².